The zero-order chi connectivity index (χ0) is 18.0. The van der Waals surface area contributed by atoms with E-state index in [1.807, 2.05) is 0 Å². The Morgan fingerprint density at radius 1 is 0.346 bits per heavy atom. The van der Waals surface area contributed by atoms with Gasteiger partial charge in [0, 0.05) is 0 Å². The van der Waals surface area contributed by atoms with Crippen LogP contribution in [-0.4, -0.2) is 0 Å². The molecule has 16 nitrogen and oxygen atoms in total. The molecule has 0 rings (SSSR count). The van der Waals surface area contributed by atoms with Gasteiger partial charge in [-0.3, -0.25) is 0 Å². The van der Waals surface area contributed by atoms with E-state index in [4.69, 9.17) is 77.0 Å². The van der Waals surface area contributed by atoms with Gasteiger partial charge in [-0.1, -0.05) is 0 Å². The number of hydrogen-bond donors (Lipinski definition) is 0. The van der Waals surface area contributed by atoms with E-state index in [2.05, 4.69) is 0 Å². The summed E-state index contributed by atoms with van der Waals surface area (Å²) in [5.74, 6) is 0. The summed E-state index contributed by atoms with van der Waals surface area (Å²) in [6, 6.07) is 0. The molecule has 0 fully saturated rings. The van der Waals surface area contributed by atoms with Gasteiger partial charge < -0.3 is 81.3 Å². The molecule has 0 aromatic rings. The van der Waals surface area contributed by atoms with Crippen LogP contribution in [0.4, 0.5) is 0 Å². The predicted octanol–water partition coefficient (Wildman–Crippen LogP) is -20.0. The Hall–Kier alpha value is 4.88. The van der Waals surface area contributed by atoms with Crippen molar-refractivity contribution < 1.29 is 216 Å². The SMILES string of the molecule is O=P([O-])([O-])[O-].O=P([O-])([O-])[O-].O=P([O-])([O-])[O-].O=P([O-])([O-])[O-].[H-].[H-].[H-].[Li+].[Li+].[Li+].[Zr+4].[Zr+4].[Zr+4]. The summed E-state index contributed by atoms with van der Waals surface area (Å²) in [6.07, 6.45) is 0. The summed E-state index contributed by atoms with van der Waals surface area (Å²) in [4.78, 5) is 103. The van der Waals surface area contributed by atoms with Crippen LogP contribution in [0.25, 0.3) is 0 Å². The summed E-state index contributed by atoms with van der Waals surface area (Å²) in [7, 11) is -21.6. The van der Waals surface area contributed by atoms with Crippen LogP contribution >= 0.6 is 31.3 Å². The quantitative estimate of drug-likeness (QED) is 0.170. The van der Waals surface area contributed by atoms with E-state index in [9.17, 15) is 0 Å². The van der Waals surface area contributed by atoms with Gasteiger partial charge >= 0.3 is 135 Å². The van der Waals surface area contributed by atoms with Crippen LogP contribution in [0.15, 0.2) is 0 Å². The minimum atomic E-state index is -5.39. The first-order valence-corrected chi connectivity index (χ1v) is 8.76. The largest absolute Gasteiger partial charge is 4.00 e. The van der Waals surface area contributed by atoms with Gasteiger partial charge in [0.25, 0.3) is 0 Å². The first kappa shape index (κ1) is 63.2. The molecule has 0 saturated heterocycles. The average molecular weight is 677 g/mol. The zero-order valence-corrected chi connectivity index (χ0v) is 23.8. The topological polar surface area (TPSA) is 345 Å². The van der Waals surface area contributed by atoms with Gasteiger partial charge in [0.2, 0.25) is 0 Å². The van der Waals surface area contributed by atoms with Crippen LogP contribution in [0.1, 0.15) is 4.28 Å². The molecule has 0 spiro atoms. The number of hydrogen-bond acceptors (Lipinski definition) is 16. The number of phosphoric acid groups is 4. The smallest absolute Gasteiger partial charge is 1.00 e. The monoisotopic (exact) mass is 674 g/mol. The molecule has 26 heavy (non-hydrogen) atoms. The Balaban J connectivity index is -0.00000000970. The molecule has 0 aromatic carbocycles. The van der Waals surface area contributed by atoms with Gasteiger partial charge in [0.05, 0.1) is 0 Å². The van der Waals surface area contributed by atoms with E-state index in [1.165, 1.54) is 0 Å². The summed E-state index contributed by atoms with van der Waals surface area (Å²) in [6.45, 7) is 0. The molecule has 0 aliphatic rings. The minimum Gasteiger partial charge on any atom is -1.00 e. The molecular formula is H3Li3O16P4Zr3. The Morgan fingerprint density at radius 3 is 0.346 bits per heavy atom. The van der Waals surface area contributed by atoms with Crippen molar-refractivity contribution in [2.45, 2.75) is 0 Å². The first-order valence-electron chi connectivity index (χ1n) is 2.92. The molecular weight excluding hydrogens is 674 g/mol. The molecule has 0 N–H and O–H groups in total. The van der Waals surface area contributed by atoms with Gasteiger partial charge in [0.15, 0.2) is 0 Å². The summed E-state index contributed by atoms with van der Waals surface area (Å²) in [5, 5.41) is 0. The van der Waals surface area contributed by atoms with Gasteiger partial charge in [0.1, 0.15) is 0 Å². The number of rotatable bonds is 0. The van der Waals surface area contributed by atoms with E-state index in [1.54, 1.807) is 0 Å². The van der Waals surface area contributed by atoms with E-state index >= 15 is 0 Å². The molecule has 0 aliphatic heterocycles. The molecule has 0 aromatic heterocycles. The van der Waals surface area contributed by atoms with Crippen LogP contribution in [-0.2, 0) is 96.9 Å². The molecule has 0 aliphatic carbocycles. The van der Waals surface area contributed by atoms with Gasteiger partial charge in [-0.25, -0.2) is 0 Å². The molecule has 0 radical (unpaired) electrons. The van der Waals surface area contributed by atoms with Crippen molar-refractivity contribution in [3.63, 3.8) is 0 Å². The van der Waals surface area contributed by atoms with Crippen LogP contribution < -0.4 is 115 Å². The third kappa shape index (κ3) is 942. The Bertz CT molecular complexity index is 319. The van der Waals surface area contributed by atoms with Crippen LogP contribution in [0.5, 0.6) is 0 Å². The van der Waals surface area contributed by atoms with E-state index in [-0.39, 0.29) is 139 Å². The Morgan fingerprint density at radius 2 is 0.346 bits per heavy atom. The third-order valence-corrected chi connectivity index (χ3v) is 0. The van der Waals surface area contributed by atoms with Gasteiger partial charge in [-0.15, -0.1) is 0 Å². The van der Waals surface area contributed by atoms with Crippen molar-refractivity contribution in [1.29, 1.82) is 0 Å². The Kier molecular flexibility index (Phi) is 72.7. The fourth-order valence-corrected chi connectivity index (χ4v) is 0. The second kappa shape index (κ2) is 29.9. The molecule has 0 saturated carbocycles. The normalized spacial score (nSPS) is 9.08. The second-order valence-corrected chi connectivity index (χ2v) is 5.37. The fourth-order valence-electron chi connectivity index (χ4n) is 0. The molecule has 0 unspecified atom stereocenters. The fraction of sp³-hybridized carbons (Fsp3) is 0. The van der Waals surface area contributed by atoms with Crippen LogP contribution in [0.2, 0.25) is 0 Å². The second-order valence-electron chi connectivity index (χ2n) is 1.79. The van der Waals surface area contributed by atoms with Crippen molar-refractivity contribution in [2.75, 3.05) is 0 Å². The van der Waals surface area contributed by atoms with Gasteiger partial charge in [-0.2, -0.15) is 31.3 Å². The standard InChI is InChI=1S/3Li.4H3O4P.3Zr.3H/c;;;4*1-5(2,3)4;;;;;;/h;;;4*(H3,1,2,3,4);;;;;;/q3*+1;;;;;3*+4;3*-1/p-12. The van der Waals surface area contributed by atoms with E-state index < -0.39 is 31.3 Å². The summed E-state index contributed by atoms with van der Waals surface area (Å²) in [5.41, 5.74) is 0. The average Bonchev–Trinajstić information content (AvgIpc) is 1.62. The predicted molar refractivity (Wildman–Crippen MR) is 33.8 cm³/mol. The van der Waals surface area contributed by atoms with Crippen molar-refractivity contribution in [1.82, 2.24) is 0 Å². The third-order valence-electron chi connectivity index (χ3n) is 0. The van der Waals surface area contributed by atoms with Crippen LogP contribution in [0.3, 0.4) is 0 Å². The first-order chi connectivity index (χ1) is 8.00. The Labute approximate surface area is 244 Å². The molecule has 134 valence electrons. The molecule has 0 heterocycles. The van der Waals surface area contributed by atoms with E-state index in [0.717, 1.165) is 0 Å². The van der Waals surface area contributed by atoms with Crippen LogP contribution in [0, 0.1) is 0 Å². The maximum absolute atomic E-state index is 8.55. The summed E-state index contributed by atoms with van der Waals surface area (Å²) >= 11 is 0. The molecule has 0 atom stereocenters. The molecule has 0 amide bonds. The summed E-state index contributed by atoms with van der Waals surface area (Å²) < 4.78 is 34.2. The van der Waals surface area contributed by atoms with E-state index in [0.29, 0.717) is 0 Å². The van der Waals surface area contributed by atoms with Gasteiger partial charge in [-0.05, 0) is 0 Å². The maximum Gasteiger partial charge on any atom is 4.00 e. The maximum atomic E-state index is 8.55. The zero-order valence-electron chi connectivity index (χ0n) is 15.8. The molecule has 26 heteroatoms. The molecule has 0 bridgehead atoms. The minimum absolute atomic E-state index is 0. The van der Waals surface area contributed by atoms with Crippen molar-refractivity contribution in [3.8, 4) is 0 Å². The van der Waals surface area contributed by atoms with Crippen molar-refractivity contribution >= 4 is 31.3 Å². The van der Waals surface area contributed by atoms with Crippen molar-refractivity contribution in [3.05, 3.63) is 0 Å². The van der Waals surface area contributed by atoms with Crippen molar-refractivity contribution in [2.24, 2.45) is 0 Å².